The molecule has 178 valence electrons. The maximum Gasteiger partial charge on any atom is 0.295 e. The summed E-state index contributed by atoms with van der Waals surface area (Å²) in [5.74, 6) is 0.782. The fourth-order valence-electron chi connectivity index (χ4n) is 4.48. The Kier molecular flexibility index (Phi) is 6.43. The normalized spacial score (nSPS) is 15.7. The van der Waals surface area contributed by atoms with Crippen LogP contribution in [-0.2, 0) is 11.3 Å². The van der Waals surface area contributed by atoms with Crippen molar-refractivity contribution in [3.8, 4) is 5.75 Å². The van der Waals surface area contributed by atoms with Gasteiger partial charge in [-0.15, -0.1) is 0 Å². The van der Waals surface area contributed by atoms with Gasteiger partial charge >= 0.3 is 0 Å². The molecular weight excluding hydrogens is 442 g/mol. The molecule has 0 aliphatic carbocycles. The second-order valence-corrected chi connectivity index (χ2v) is 8.66. The van der Waals surface area contributed by atoms with E-state index in [1.54, 1.807) is 17.9 Å². The van der Waals surface area contributed by atoms with Gasteiger partial charge < -0.3 is 15.0 Å². The van der Waals surface area contributed by atoms with Crippen LogP contribution in [0.2, 0.25) is 0 Å². The second kappa shape index (κ2) is 9.97. The number of carbonyl (C=O) groups is 1. The molecule has 5 rings (SSSR count). The highest BCUT2D eigenvalue weighted by molar-refractivity contribution is 5.93. The summed E-state index contributed by atoms with van der Waals surface area (Å²) in [5.41, 5.74) is 2.73. The van der Waals surface area contributed by atoms with Gasteiger partial charge in [0.2, 0.25) is 5.91 Å². The number of carbonyl (C=O) groups excluding carboxylic acids is 1. The summed E-state index contributed by atoms with van der Waals surface area (Å²) in [6, 6.07) is 20.8. The Morgan fingerprint density at radius 2 is 1.89 bits per heavy atom. The Hall–Kier alpha value is -4.20. The maximum atomic E-state index is 13.6. The number of rotatable bonds is 6. The standard InChI is InChI=1S/C27H27N5O3/c1-35-22-13-11-21(12-14-22)29-26(33)20-9-6-16-31(18-20)25-27(34)32(17-19-7-3-2-4-8-19)24-23(30-25)10-5-15-28-24/h2-5,7-8,10-15,20H,6,9,16-18H2,1H3,(H,29,33). The van der Waals surface area contributed by atoms with Crippen LogP contribution in [-0.4, -0.2) is 40.6 Å². The fraction of sp³-hybridized carbons (Fsp3) is 0.259. The average Bonchev–Trinajstić information content (AvgIpc) is 2.91. The first kappa shape index (κ1) is 22.6. The van der Waals surface area contributed by atoms with Gasteiger partial charge in [0.25, 0.3) is 5.56 Å². The lowest BCUT2D eigenvalue weighted by molar-refractivity contribution is -0.120. The number of anilines is 2. The molecule has 8 nitrogen and oxygen atoms in total. The molecule has 8 heteroatoms. The van der Waals surface area contributed by atoms with Crippen molar-refractivity contribution in [3.05, 3.63) is 88.8 Å². The molecule has 1 aliphatic rings. The van der Waals surface area contributed by atoms with E-state index in [4.69, 9.17) is 4.74 Å². The number of benzene rings is 2. The van der Waals surface area contributed by atoms with Crippen LogP contribution >= 0.6 is 0 Å². The highest BCUT2D eigenvalue weighted by Crippen LogP contribution is 2.23. The minimum atomic E-state index is -0.251. The summed E-state index contributed by atoms with van der Waals surface area (Å²) in [6.45, 7) is 1.50. The van der Waals surface area contributed by atoms with E-state index in [1.165, 1.54) is 0 Å². The van der Waals surface area contributed by atoms with E-state index >= 15 is 0 Å². The molecular formula is C27H27N5O3. The summed E-state index contributed by atoms with van der Waals surface area (Å²) in [6.07, 6.45) is 3.22. The number of methoxy groups -OCH3 is 1. The Morgan fingerprint density at radius 1 is 1.09 bits per heavy atom. The number of hydrogen-bond acceptors (Lipinski definition) is 6. The number of hydrogen-bond donors (Lipinski definition) is 1. The Bertz CT molecular complexity index is 1390. The lowest BCUT2D eigenvalue weighted by Gasteiger charge is -2.32. The van der Waals surface area contributed by atoms with Crippen molar-refractivity contribution in [2.75, 3.05) is 30.4 Å². The highest BCUT2D eigenvalue weighted by Gasteiger charge is 2.29. The molecule has 0 saturated carbocycles. The zero-order valence-corrected chi connectivity index (χ0v) is 19.6. The molecule has 2 aromatic carbocycles. The van der Waals surface area contributed by atoms with Crippen molar-refractivity contribution < 1.29 is 9.53 Å². The van der Waals surface area contributed by atoms with Gasteiger partial charge in [0, 0.05) is 25.0 Å². The molecule has 1 atom stereocenters. The van der Waals surface area contributed by atoms with E-state index in [9.17, 15) is 9.59 Å². The van der Waals surface area contributed by atoms with E-state index in [-0.39, 0.29) is 17.4 Å². The van der Waals surface area contributed by atoms with Gasteiger partial charge in [-0.3, -0.25) is 14.2 Å². The molecule has 1 aliphatic heterocycles. The second-order valence-electron chi connectivity index (χ2n) is 8.66. The maximum absolute atomic E-state index is 13.6. The Morgan fingerprint density at radius 3 is 2.66 bits per heavy atom. The van der Waals surface area contributed by atoms with Gasteiger partial charge in [0.15, 0.2) is 11.5 Å². The summed E-state index contributed by atoms with van der Waals surface area (Å²) in [4.78, 5) is 37.7. The van der Waals surface area contributed by atoms with Crippen molar-refractivity contribution in [2.45, 2.75) is 19.4 Å². The number of ether oxygens (including phenoxy) is 1. The lowest BCUT2D eigenvalue weighted by atomic mass is 9.97. The van der Waals surface area contributed by atoms with Crippen molar-refractivity contribution in [3.63, 3.8) is 0 Å². The van der Waals surface area contributed by atoms with Gasteiger partial charge in [-0.1, -0.05) is 30.3 Å². The number of nitrogens with one attached hydrogen (secondary N) is 1. The van der Waals surface area contributed by atoms with Crippen LogP contribution in [0.3, 0.4) is 0 Å². The first-order valence-corrected chi connectivity index (χ1v) is 11.7. The Balaban J connectivity index is 1.41. The molecule has 1 unspecified atom stereocenters. The van der Waals surface area contributed by atoms with E-state index in [2.05, 4.69) is 15.3 Å². The van der Waals surface area contributed by atoms with E-state index in [1.807, 2.05) is 71.6 Å². The number of nitrogens with zero attached hydrogens (tertiary/aromatic N) is 4. The third-order valence-corrected chi connectivity index (χ3v) is 6.32. The quantitative estimate of drug-likeness (QED) is 0.463. The predicted octanol–water partition coefficient (Wildman–Crippen LogP) is 3.70. The van der Waals surface area contributed by atoms with Crippen LogP contribution in [0.15, 0.2) is 77.7 Å². The molecule has 0 spiro atoms. The summed E-state index contributed by atoms with van der Waals surface area (Å²) >= 11 is 0. The van der Waals surface area contributed by atoms with Gasteiger partial charge in [-0.25, -0.2) is 9.97 Å². The lowest BCUT2D eigenvalue weighted by Crippen LogP contribution is -2.44. The minimum absolute atomic E-state index is 0.0630. The molecule has 1 fully saturated rings. The molecule has 0 radical (unpaired) electrons. The number of amides is 1. The largest absolute Gasteiger partial charge is 0.497 e. The first-order valence-electron chi connectivity index (χ1n) is 11.7. The van der Waals surface area contributed by atoms with Crippen LogP contribution in [0, 0.1) is 5.92 Å². The molecule has 1 saturated heterocycles. The van der Waals surface area contributed by atoms with Gasteiger partial charge in [0.1, 0.15) is 11.3 Å². The van der Waals surface area contributed by atoms with E-state index < -0.39 is 0 Å². The van der Waals surface area contributed by atoms with Gasteiger partial charge in [-0.2, -0.15) is 0 Å². The topological polar surface area (TPSA) is 89.3 Å². The monoisotopic (exact) mass is 469 g/mol. The van der Waals surface area contributed by atoms with Crippen LogP contribution in [0.1, 0.15) is 18.4 Å². The van der Waals surface area contributed by atoms with E-state index in [0.29, 0.717) is 42.3 Å². The average molecular weight is 470 g/mol. The highest BCUT2D eigenvalue weighted by atomic mass is 16.5. The minimum Gasteiger partial charge on any atom is -0.497 e. The van der Waals surface area contributed by atoms with Crippen molar-refractivity contribution in [1.82, 2.24) is 14.5 Å². The number of pyridine rings is 1. The third kappa shape index (κ3) is 4.87. The molecule has 1 amide bonds. The first-order chi connectivity index (χ1) is 17.1. The zero-order chi connectivity index (χ0) is 24.2. The summed E-state index contributed by atoms with van der Waals surface area (Å²) in [5, 5.41) is 2.99. The van der Waals surface area contributed by atoms with Crippen molar-refractivity contribution in [1.29, 1.82) is 0 Å². The molecule has 2 aromatic heterocycles. The fourth-order valence-corrected chi connectivity index (χ4v) is 4.48. The number of fused-ring (bicyclic) bond motifs is 1. The van der Waals surface area contributed by atoms with Crippen LogP contribution in [0.5, 0.6) is 5.75 Å². The van der Waals surface area contributed by atoms with Gasteiger partial charge in [-0.05, 0) is 54.8 Å². The molecule has 35 heavy (non-hydrogen) atoms. The smallest absolute Gasteiger partial charge is 0.295 e. The van der Waals surface area contributed by atoms with Crippen molar-refractivity contribution >= 4 is 28.6 Å². The summed E-state index contributed by atoms with van der Waals surface area (Å²) < 4.78 is 6.85. The molecule has 0 bridgehead atoms. The SMILES string of the molecule is COc1ccc(NC(=O)C2CCCN(c3nc4cccnc4n(Cc4ccccc4)c3=O)C2)cc1. The van der Waals surface area contributed by atoms with Crippen LogP contribution < -0.4 is 20.5 Å². The molecule has 4 aromatic rings. The Labute approximate surface area is 203 Å². The molecule has 3 heterocycles. The van der Waals surface area contributed by atoms with Crippen molar-refractivity contribution in [2.24, 2.45) is 5.92 Å². The van der Waals surface area contributed by atoms with Crippen LogP contribution in [0.25, 0.3) is 11.2 Å². The zero-order valence-electron chi connectivity index (χ0n) is 19.6. The third-order valence-electron chi connectivity index (χ3n) is 6.32. The van der Waals surface area contributed by atoms with Crippen LogP contribution in [0.4, 0.5) is 11.5 Å². The predicted molar refractivity (Wildman–Crippen MR) is 136 cm³/mol. The summed E-state index contributed by atoms with van der Waals surface area (Å²) in [7, 11) is 1.61. The molecule has 1 N–H and O–H groups in total. The van der Waals surface area contributed by atoms with E-state index in [0.717, 1.165) is 24.2 Å². The number of piperidine rings is 1. The van der Waals surface area contributed by atoms with Gasteiger partial charge in [0.05, 0.1) is 19.6 Å². The number of aromatic nitrogens is 3.